The molecule has 0 spiro atoms. The van der Waals surface area contributed by atoms with Gasteiger partial charge in [-0.25, -0.2) is 0 Å². The van der Waals surface area contributed by atoms with Gasteiger partial charge in [-0.3, -0.25) is 0 Å². The second kappa shape index (κ2) is 6.06. The Labute approximate surface area is 104 Å². The Hall–Kier alpha value is -1.02. The van der Waals surface area contributed by atoms with E-state index in [1.54, 1.807) is 0 Å². The van der Waals surface area contributed by atoms with Crippen molar-refractivity contribution in [2.24, 2.45) is 5.92 Å². The Morgan fingerprint density at radius 3 is 2.59 bits per heavy atom. The molecule has 2 nitrogen and oxygen atoms in total. The predicted molar refractivity (Wildman–Crippen MR) is 71.3 cm³/mol. The minimum Gasteiger partial charge on any atom is -0.494 e. The van der Waals surface area contributed by atoms with Gasteiger partial charge < -0.3 is 10.1 Å². The Morgan fingerprint density at radius 1 is 1.24 bits per heavy atom. The van der Waals surface area contributed by atoms with Crippen molar-refractivity contribution in [3.63, 3.8) is 0 Å². The third-order valence-corrected chi connectivity index (χ3v) is 3.41. The number of benzene rings is 1. The van der Waals surface area contributed by atoms with Crippen LogP contribution in [0.4, 0.5) is 0 Å². The van der Waals surface area contributed by atoms with Crippen LogP contribution < -0.4 is 10.1 Å². The molecule has 1 saturated carbocycles. The van der Waals surface area contributed by atoms with Gasteiger partial charge in [0.15, 0.2) is 0 Å². The maximum absolute atomic E-state index is 5.56. The first-order valence-electron chi connectivity index (χ1n) is 6.78. The number of hydrogen-bond acceptors (Lipinski definition) is 2. The van der Waals surface area contributed by atoms with Gasteiger partial charge in [-0.1, -0.05) is 32.4 Å². The maximum atomic E-state index is 5.56. The van der Waals surface area contributed by atoms with Gasteiger partial charge in [0.1, 0.15) is 5.75 Å². The van der Waals surface area contributed by atoms with Crippen molar-refractivity contribution in [1.29, 1.82) is 0 Å². The molecule has 1 N–H and O–H groups in total. The normalized spacial score (nSPS) is 22.5. The zero-order valence-electron chi connectivity index (χ0n) is 10.9. The average molecular weight is 233 g/mol. The highest BCUT2D eigenvalue weighted by atomic mass is 16.5. The monoisotopic (exact) mass is 233 g/mol. The van der Waals surface area contributed by atoms with Gasteiger partial charge in [0, 0.05) is 12.6 Å². The van der Waals surface area contributed by atoms with Crippen molar-refractivity contribution in [3.8, 4) is 5.75 Å². The van der Waals surface area contributed by atoms with Crippen molar-refractivity contribution in [1.82, 2.24) is 5.32 Å². The smallest absolute Gasteiger partial charge is 0.119 e. The first-order valence-corrected chi connectivity index (χ1v) is 6.78. The Bertz CT molecular complexity index is 333. The summed E-state index contributed by atoms with van der Waals surface area (Å²) in [5, 5.41) is 3.60. The quantitative estimate of drug-likeness (QED) is 0.779. The van der Waals surface area contributed by atoms with E-state index in [2.05, 4.69) is 43.4 Å². The third-order valence-electron chi connectivity index (χ3n) is 3.41. The molecule has 2 unspecified atom stereocenters. The molecule has 1 aromatic rings. The molecule has 94 valence electrons. The van der Waals surface area contributed by atoms with Crippen LogP contribution in [0.5, 0.6) is 5.75 Å². The van der Waals surface area contributed by atoms with Crippen LogP contribution in [-0.4, -0.2) is 12.6 Å². The number of ether oxygens (including phenoxy) is 1. The highest BCUT2D eigenvalue weighted by molar-refractivity contribution is 5.27. The molecule has 1 fully saturated rings. The molecule has 2 atom stereocenters. The molecule has 0 aliphatic heterocycles. The van der Waals surface area contributed by atoms with Crippen molar-refractivity contribution in [2.45, 2.75) is 45.7 Å². The summed E-state index contributed by atoms with van der Waals surface area (Å²) in [4.78, 5) is 0. The second-order valence-electron chi connectivity index (χ2n) is 4.88. The van der Waals surface area contributed by atoms with E-state index in [1.807, 2.05) is 0 Å². The lowest BCUT2D eigenvalue weighted by Gasteiger charge is -2.07. The molecule has 0 aromatic heterocycles. The van der Waals surface area contributed by atoms with Crippen molar-refractivity contribution in [3.05, 3.63) is 29.8 Å². The van der Waals surface area contributed by atoms with Crippen molar-refractivity contribution < 1.29 is 4.74 Å². The fourth-order valence-corrected chi connectivity index (χ4v) is 2.12. The van der Waals surface area contributed by atoms with Gasteiger partial charge >= 0.3 is 0 Å². The van der Waals surface area contributed by atoms with Gasteiger partial charge in [-0.2, -0.15) is 0 Å². The van der Waals surface area contributed by atoms with Crippen molar-refractivity contribution in [2.75, 3.05) is 6.61 Å². The van der Waals surface area contributed by atoms with E-state index < -0.39 is 0 Å². The molecular weight excluding hydrogens is 210 g/mol. The number of hydrogen-bond donors (Lipinski definition) is 1. The van der Waals surface area contributed by atoms with Crippen LogP contribution in [0.2, 0.25) is 0 Å². The Balaban J connectivity index is 1.74. The highest BCUT2D eigenvalue weighted by Crippen LogP contribution is 2.33. The van der Waals surface area contributed by atoms with E-state index >= 15 is 0 Å². The molecule has 2 rings (SSSR count). The lowest BCUT2D eigenvalue weighted by molar-refractivity contribution is 0.317. The van der Waals surface area contributed by atoms with Gasteiger partial charge in [0.25, 0.3) is 0 Å². The van der Waals surface area contributed by atoms with E-state index in [1.165, 1.54) is 18.4 Å². The SMILES string of the molecule is CCCOc1ccc(CNC2CC2CC)cc1. The molecule has 0 bridgehead atoms. The number of rotatable bonds is 7. The molecule has 17 heavy (non-hydrogen) atoms. The predicted octanol–water partition coefficient (Wildman–Crippen LogP) is 3.36. The van der Waals surface area contributed by atoms with Gasteiger partial charge in [-0.05, 0) is 36.5 Å². The molecule has 0 radical (unpaired) electrons. The van der Waals surface area contributed by atoms with Crippen LogP contribution in [0.15, 0.2) is 24.3 Å². The minimum absolute atomic E-state index is 0.760. The van der Waals surface area contributed by atoms with Crippen LogP contribution in [0.25, 0.3) is 0 Å². The zero-order valence-corrected chi connectivity index (χ0v) is 10.9. The summed E-state index contributed by atoms with van der Waals surface area (Å²) in [6, 6.07) is 9.20. The van der Waals surface area contributed by atoms with E-state index in [4.69, 9.17) is 4.74 Å². The van der Waals surface area contributed by atoms with E-state index in [0.717, 1.165) is 37.3 Å². The first-order chi connectivity index (χ1) is 8.33. The van der Waals surface area contributed by atoms with Gasteiger partial charge in [-0.15, -0.1) is 0 Å². The van der Waals surface area contributed by atoms with Crippen LogP contribution in [0.1, 0.15) is 38.7 Å². The average Bonchev–Trinajstić information content (AvgIpc) is 3.14. The summed E-state index contributed by atoms with van der Waals surface area (Å²) < 4.78 is 5.56. The van der Waals surface area contributed by atoms with E-state index in [9.17, 15) is 0 Å². The van der Waals surface area contributed by atoms with Crippen molar-refractivity contribution >= 4 is 0 Å². The summed E-state index contributed by atoms with van der Waals surface area (Å²) in [5.41, 5.74) is 1.34. The summed E-state index contributed by atoms with van der Waals surface area (Å²) in [6.45, 7) is 6.18. The van der Waals surface area contributed by atoms with Gasteiger partial charge in [0.2, 0.25) is 0 Å². The summed E-state index contributed by atoms with van der Waals surface area (Å²) in [7, 11) is 0. The first kappa shape index (κ1) is 12.4. The lowest BCUT2D eigenvalue weighted by atomic mass is 10.2. The molecule has 1 aliphatic rings. The molecular formula is C15H23NO. The topological polar surface area (TPSA) is 21.3 Å². The molecule has 0 saturated heterocycles. The molecule has 1 aliphatic carbocycles. The molecule has 0 heterocycles. The molecule has 2 heteroatoms. The van der Waals surface area contributed by atoms with Crippen LogP contribution >= 0.6 is 0 Å². The maximum Gasteiger partial charge on any atom is 0.119 e. The summed E-state index contributed by atoms with van der Waals surface area (Å²) in [5.74, 6) is 1.90. The van der Waals surface area contributed by atoms with E-state index in [0.29, 0.717) is 0 Å². The van der Waals surface area contributed by atoms with Gasteiger partial charge in [0.05, 0.1) is 6.61 Å². The second-order valence-corrected chi connectivity index (χ2v) is 4.88. The third kappa shape index (κ3) is 3.74. The highest BCUT2D eigenvalue weighted by Gasteiger charge is 2.34. The zero-order chi connectivity index (χ0) is 12.1. The fourth-order valence-electron chi connectivity index (χ4n) is 2.12. The molecule has 1 aromatic carbocycles. The molecule has 0 amide bonds. The minimum atomic E-state index is 0.760. The standard InChI is InChI=1S/C15H23NO/c1-3-9-17-14-7-5-12(6-8-14)11-16-15-10-13(15)4-2/h5-8,13,15-16H,3-4,9-11H2,1-2H3. The van der Waals surface area contributed by atoms with Crippen LogP contribution in [-0.2, 0) is 6.54 Å². The van der Waals surface area contributed by atoms with Crippen LogP contribution in [0.3, 0.4) is 0 Å². The summed E-state index contributed by atoms with van der Waals surface area (Å²) >= 11 is 0. The van der Waals surface area contributed by atoms with Crippen LogP contribution in [0, 0.1) is 5.92 Å². The Morgan fingerprint density at radius 2 is 2.00 bits per heavy atom. The summed E-state index contributed by atoms with van der Waals surface area (Å²) in [6.07, 6.45) is 3.72. The fraction of sp³-hybridized carbons (Fsp3) is 0.600. The largest absolute Gasteiger partial charge is 0.494 e. The lowest BCUT2D eigenvalue weighted by Crippen LogP contribution is -2.17. The van der Waals surface area contributed by atoms with E-state index in [-0.39, 0.29) is 0 Å². The number of nitrogens with one attached hydrogen (secondary N) is 1. The Kier molecular flexibility index (Phi) is 4.43.